The van der Waals surface area contributed by atoms with Crippen molar-refractivity contribution in [1.29, 1.82) is 0 Å². The smallest absolute Gasteiger partial charge is 0.269 e. The summed E-state index contributed by atoms with van der Waals surface area (Å²) >= 11 is 1.39. The van der Waals surface area contributed by atoms with Crippen molar-refractivity contribution in [2.24, 2.45) is 0 Å². The molecule has 7 heteroatoms. The third-order valence-electron chi connectivity index (χ3n) is 4.59. The van der Waals surface area contributed by atoms with Gasteiger partial charge in [0.05, 0.1) is 10.2 Å². The first-order chi connectivity index (χ1) is 13.4. The molecule has 0 unspecified atom stereocenters. The number of nitrogens with zero attached hydrogens (tertiary/aromatic N) is 2. The average molecular weight is 402 g/mol. The lowest BCUT2D eigenvalue weighted by atomic mass is 10.1. The predicted molar refractivity (Wildman–Crippen MR) is 113 cm³/mol. The van der Waals surface area contributed by atoms with Crippen molar-refractivity contribution in [2.75, 3.05) is 13.1 Å². The molecule has 0 aromatic heterocycles. The van der Waals surface area contributed by atoms with Crippen LogP contribution in [0, 0.1) is 10.1 Å². The van der Waals surface area contributed by atoms with Gasteiger partial charge < -0.3 is 5.32 Å². The molecule has 0 fully saturated rings. The van der Waals surface area contributed by atoms with E-state index in [4.69, 9.17) is 0 Å². The third-order valence-corrected chi connectivity index (χ3v) is 5.70. The summed E-state index contributed by atoms with van der Waals surface area (Å²) in [5.41, 5.74) is 2.39. The summed E-state index contributed by atoms with van der Waals surface area (Å²) in [4.78, 5) is 26.0. The van der Waals surface area contributed by atoms with E-state index in [2.05, 4.69) is 30.1 Å². The third kappa shape index (κ3) is 6.35. The van der Waals surface area contributed by atoms with Gasteiger partial charge in [-0.25, -0.2) is 0 Å². The van der Waals surface area contributed by atoms with Crippen LogP contribution in [0.2, 0.25) is 0 Å². The highest BCUT2D eigenvalue weighted by atomic mass is 32.2. The number of nitro benzene ring substituents is 1. The van der Waals surface area contributed by atoms with Gasteiger partial charge in [-0.2, -0.15) is 0 Å². The highest BCUT2D eigenvalue weighted by Crippen LogP contribution is 2.25. The lowest BCUT2D eigenvalue weighted by Gasteiger charge is -2.20. The molecule has 0 aliphatic rings. The Morgan fingerprint density at radius 1 is 1.11 bits per heavy atom. The molecule has 1 N–H and O–H groups in total. The molecule has 1 amide bonds. The minimum Gasteiger partial charge on any atom is -0.351 e. The standard InChI is InChI=1S/C21H27N3O3S/c1-4-23(5-2)15-18-9-7-6-8-17(18)14-22-21(25)16(3)28-20-12-10-19(11-13-20)24(26)27/h6-13,16H,4-5,14-15H2,1-3H3,(H,22,25)/t16-/m1/s1. The van der Waals surface area contributed by atoms with E-state index in [1.807, 2.05) is 25.1 Å². The number of benzene rings is 2. The van der Waals surface area contributed by atoms with E-state index in [1.54, 1.807) is 12.1 Å². The molecular formula is C21H27N3O3S. The number of thioether (sulfide) groups is 1. The second-order valence-electron chi connectivity index (χ2n) is 6.46. The molecular weight excluding hydrogens is 374 g/mol. The fourth-order valence-corrected chi connectivity index (χ4v) is 3.69. The Balaban J connectivity index is 1.93. The van der Waals surface area contributed by atoms with Crippen LogP contribution in [-0.4, -0.2) is 34.1 Å². The zero-order valence-electron chi connectivity index (χ0n) is 16.6. The van der Waals surface area contributed by atoms with Crippen molar-refractivity contribution in [2.45, 2.75) is 44.0 Å². The van der Waals surface area contributed by atoms with Crippen molar-refractivity contribution in [3.05, 3.63) is 69.8 Å². The van der Waals surface area contributed by atoms with Crippen LogP contribution < -0.4 is 5.32 Å². The molecule has 2 rings (SSSR count). The second-order valence-corrected chi connectivity index (χ2v) is 7.87. The normalized spacial score (nSPS) is 12.0. The molecule has 0 aliphatic heterocycles. The highest BCUT2D eigenvalue weighted by molar-refractivity contribution is 8.00. The Morgan fingerprint density at radius 3 is 2.29 bits per heavy atom. The van der Waals surface area contributed by atoms with Gasteiger partial charge >= 0.3 is 0 Å². The number of hydrogen-bond donors (Lipinski definition) is 1. The van der Waals surface area contributed by atoms with Gasteiger partial charge in [-0.1, -0.05) is 38.1 Å². The van der Waals surface area contributed by atoms with Crippen LogP contribution >= 0.6 is 11.8 Å². The molecule has 150 valence electrons. The number of carbonyl (C=O) groups is 1. The zero-order chi connectivity index (χ0) is 20.5. The minimum atomic E-state index is -0.430. The summed E-state index contributed by atoms with van der Waals surface area (Å²) < 4.78 is 0. The lowest BCUT2D eigenvalue weighted by molar-refractivity contribution is -0.384. The Labute approximate surface area is 170 Å². The quantitative estimate of drug-likeness (QED) is 0.366. The van der Waals surface area contributed by atoms with E-state index in [-0.39, 0.29) is 16.8 Å². The number of nitrogens with one attached hydrogen (secondary N) is 1. The fraction of sp³-hybridized carbons (Fsp3) is 0.381. The van der Waals surface area contributed by atoms with Crippen LogP contribution in [0.15, 0.2) is 53.4 Å². The number of hydrogen-bond acceptors (Lipinski definition) is 5. The van der Waals surface area contributed by atoms with Gasteiger partial charge in [-0.05, 0) is 43.3 Å². The van der Waals surface area contributed by atoms with Crippen LogP contribution in [-0.2, 0) is 17.9 Å². The summed E-state index contributed by atoms with van der Waals surface area (Å²) in [6.07, 6.45) is 0. The van der Waals surface area contributed by atoms with E-state index in [0.29, 0.717) is 6.54 Å². The molecule has 0 aliphatic carbocycles. The maximum Gasteiger partial charge on any atom is 0.269 e. The minimum absolute atomic E-state index is 0.0475. The number of rotatable bonds is 10. The van der Waals surface area contributed by atoms with E-state index in [1.165, 1.54) is 29.5 Å². The largest absolute Gasteiger partial charge is 0.351 e. The fourth-order valence-electron chi connectivity index (χ4n) is 2.80. The molecule has 0 saturated carbocycles. The average Bonchev–Trinajstić information content (AvgIpc) is 2.71. The van der Waals surface area contributed by atoms with E-state index >= 15 is 0 Å². The number of amides is 1. The van der Waals surface area contributed by atoms with Crippen LogP contribution in [0.4, 0.5) is 5.69 Å². The van der Waals surface area contributed by atoms with E-state index < -0.39 is 4.92 Å². The van der Waals surface area contributed by atoms with Gasteiger partial charge in [0, 0.05) is 30.1 Å². The highest BCUT2D eigenvalue weighted by Gasteiger charge is 2.16. The maximum absolute atomic E-state index is 12.5. The van der Waals surface area contributed by atoms with Gasteiger partial charge in [-0.3, -0.25) is 19.8 Å². The molecule has 2 aromatic rings. The first-order valence-electron chi connectivity index (χ1n) is 9.42. The van der Waals surface area contributed by atoms with Crippen molar-refractivity contribution in [3.63, 3.8) is 0 Å². The van der Waals surface area contributed by atoms with Gasteiger partial charge in [0.15, 0.2) is 0 Å². The molecule has 0 heterocycles. The molecule has 1 atom stereocenters. The SMILES string of the molecule is CCN(CC)Cc1ccccc1CNC(=O)[C@@H](C)Sc1ccc([N+](=O)[O-])cc1. The van der Waals surface area contributed by atoms with Crippen LogP contribution in [0.25, 0.3) is 0 Å². The topological polar surface area (TPSA) is 75.5 Å². The van der Waals surface area contributed by atoms with E-state index in [0.717, 1.165) is 30.1 Å². The monoisotopic (exact) mass is 401 g/mol. The molecule has 0 spiro atoms. The maximum atomic E-state index is 12.5. The van der Waals surface area contributed by atoms with Crippen molar-refractivity contribution < 1.29 is 9.72 Å². The van der Waals surface area contributed by atoms with Crippen LogP contribution in [0.5, 0.6) is 0 Å². The Kier molecular flexibility index (Phi) is 8.47. The van der Waals surface area contributed by atoms with Crippen molar-refractivity contribution >= 4 is 23.4 Å². The van der Waals surface area contributed by atoms with Gasteiger partial charge in [0.1, 0.15) is 0 Å². The molecule has 28 heavy (non-hydrogen) atoms. The van der Waals surface area contributed by atoms with Crippen LogP contribution in [0.1, 0.15) is 31.9 Å². The number of non-ortho nitro benzene ring substituents is 1. The first kappa shape index (κ1) is 21.9. The summed E-state index contributed by atoms with van der Waals surface area (Å²) in [5, 5.41) is 13.4. The molecule has 6 nitrogen and oxygen atoms in total. The van der Waals surface area contributed by atoms with Gasteiger partial charge in [-0.15, -0.1) is 11.8 Å². The number of carbonyl (C=O) groups excluding carboxylic acids is 1. The first-order valence-corrected chi connectivity index (χ1v) is 10.3. The van der Waals surface area contributed by atoms with Gasteiger partial charge in [0.25, 0.3) is 5.69 Å². The second kappa shape index (κ2) is 10.8. The molecule has 0 radical (unpaired) electrons. The summed E-state index contributed by atoms with van der Waals surface area (Å²) in [5.74, 6) is -0.0546. The molecule has 0 saturated heterocycles. The summed E-state index contributed by atoms with van der Waals surface area (Å²) in [6.45, 7) is 9.45. The van der Waals surface area contributed by atoms with E-state index in [9.17, 15) is 14.9 Å². The van der Waals surface area contributed by atoms with Crippen LogP contribution in [0.3, 0.4) is 0 Å². The van der Waals surface area contributed by atoms with Crippen molar-refractivity contribution in [3.8, 4) is 0 Å². The lowest BCUT2D eigenvalue weighted by Crippen LogP contribution is -2.31. The Hall–Kier alpha value is -2.38. The molecule has 2 aromatic carbocycles. The Bertz CT molecular complexity index is 792. The predicted octanol–water partition coefficient (Wildman–Crippen LogP) is 4.23. The summed E-state index contributed by atoms with van der Waals surface area (Å²) in [7, 11) is 0. The summed E-state index contributed by atoms with van der Waals surface area (Å²) in [6, 6.07) is 14.4. The molecule has 0 bridgehead atoms. The zero-order valence-corrected chi connectivity index (χ0v) is 17.4. The van der Waals surface area contributed by atoms with Gasteiger partial charge in [0.2, 0.25) is 5.91 Å². The van der Waals surface area contributed by atoms with Crippen molar-refractivity contribution in [1.82, 2.24) is 10.2 Å². The Morgan fingerprint density at radius 2 is 1.71 bits per heavy atom. The number of nitro groups is 1.